The molecule has 0 radical (unpaired) electrons. The Bertz CT molecular complexity index is 1320. The first kappa shape index (κ1) is 21.2. The van der Waals surface area contributed by atoms with E-state index in [1.807, 2.05) is 137 Å². The zero-order chi connectivity index (χ0) is 23.2. The lowest BCUT2D eigenvalue weighted by Gasteiger charge is -2.19. The summed E-state index contributed by atoms with van der Waals surface area (Å²) in [4.78, 5) is 0. The molecular formula is C29H24N4O. The fourth-order valence-corrected chi connectivity index (χ4v) is 3.71. The van der Waals surface area contributed by atoms with Crippen LogP contribution < -0.4 is 9.75 Å². The lowest BCUT2D eigenvalue weighted by molar-refractivity contribution is 0.415. The van der Waals surface area contributed by atoms with Gasteiger partial charge in [-0.25, -0.2) is 9.69 Å². The highest BCUT2D eigenvalue weighted by Crippen LogP contribution is 2.28. The van der Waals surface area contributed by atoms with Crippen molar-refractivity contribution in [3.63, 3.8) is 0 Å². The van der Waals surface area contributed by atoms with Crippen LogP contribution in [0.1, 0.15) is 5.56 Å². The average molecular weight is 445 g/mol. The predicted octanol–water partition coefficient (Wildman–Crippen LogP) is 6.72. The summed E-state index contributed by atoms with van der Waals surface area (Å²) in [6.45, 7) is 0. The number of hydrogen-bond donors (Lipinski definition) is 0. The number of ether oxygens (including phenoxy) is 1. The third-order valence-corrected chi connectivity index (χ3v) is 5.44. The van der Waals surface area contributed by atoms with Crippen LogP contribution in [0, 0.1) is 0 Å². The molecule has 34 heavy (non-hydrogen) atoms. The molecule has 0 saturated heterocycles. The number of methoxy groups -OCH3 is 1. The minimum atomic E-state index is 0.806. The number of para-hydroxylation sites is 3. The van der Waals surface area contributed by atoms with Crippen LogP contribution in [0.25, 0.3) is 16.9 Å². The van der Waals surface area contributed by atoms with Gasteiger partial charge in [0.15, 0.2) is 0 Å². The molecule has 0 unspecified atom stereocenters. The maximum Gasteiger partial charge on any atom is 0.118 e. The molecule has 0 aliphatic rings. The average Bonchev–Trinajstić information content (AvgIpc) is 3.35. The number of hydrazone groups is 1. The van der Waals surface area contributed by atoms with Gasteiger partial charge >= 0.3 is 0 Å². The van der Waals surface area contributed by atoms with Gasteiger partial charge in [0.1, 0.15) is 11.4 Å². The highest BCUT2D eigenvalue weighted by atomic mass is 16.5. The lowest BCUT2D eigenvalue weighted by atomic mass is 10.1. The highest BCUT2D eigenvalue weighted by Gasteiger charge is 2.13. The van der Waals surface area contributed by atoms with Gasteiger partial charge in [-0.1, -0.05) is 54.6 Å². The number of anilines is 2. The Labute approximate surface area is 199 Å². The monoisotopic (exact) mass is 444 g/mol. The number of rotatable bonds is 7. The molecule has 0 amide bonds. The molecule has 0 aliphatic carbocycles. The molecular weight excluding hydrogens is 420 g/mol. The second-order valence-electron chi connectivity index (χ2n) is 7.67. The van der Waals surface area contributed by atoms with Crippen LogP contribution in [0.4, 0.5) is 11.4 Å². The van der Waals surface area contributed by atoms with E-state index in [9.17, 15) is 0 Å². The smallest absolute Gasteiger partial charge is 0.118 e. The molecule has 5 aromatic rings. The molecule has 0 saturated carbocycles. The normalized spacial score (nSPS) is 11.0. The second kappa shape index (κ2) is 9.88. The molecule has 5 heteroatoms. The van der Waals surface area contributed by atoms with E-state index in [1.165, 1.54) is 0 Å². The predicted molar refractivity (Wildman–Crippen MR) is 138 cm³/mol. The molecule has 5 nitrogen and oxygen atoms in total. The summed E-state index contributed by atoms with van der Waals surface area (Å²) in [5, 5.41) is 11.7. The van der Waals surface area contributed by atoms with Crippen LogP contribution in [0.2, 0.25) is 0 Å². The lowest BCUT2D eigenvalue weighted by Crippen LogP contribution is -2.09. The van der Waals surface area contributed by atoms with E-state index in [4.69, 9.17) is 14.9 Å². The number of aromatic nitrogens is 2. The van der Waals surface area contributed by atoms with Crippen LogP contribution >= 0.6 is 0 Å². The van der Waals surface area contributed by atoms with Crippen molar-refractivity contribution < 1.29 is 4.74 Å². The first-order valence-electron chi connectivity index (χ1n) is 11.1. The van der Waals surface area contributed by atoms with Crippen molar-refractivity contribution in [2.24, 2.45) is 5.10 Å². The molecule has 1 heterocycles. The Kier molecular flexibility index (Phi) is 6.16. The highest BCUT2D eigenvalue weighted by molar-refractivity contribution is 5.90. The zero-order valence-electron chi connectivity index (χ0n) is 18.8. The largest absolute Gasteiger partial charge is 0.497 e. The minimum absolute atomic E-state index is 0.806. The van der Waals surface area contributed by atoms with Crippen molar-refractivity contribution >= 4 is 17.6 Å². The SMILES string of the molecule is COc1ccc(-c2nn(-c3ccccc3)cc2/C=N/N(c2ccccc2)c2ccccc2)cc1. The summed E-state index contributed by atoms with van der Waals surface area (Å²) in [6, 6.07) is 38.2. The third-order valence-electron chi connectivity index (χ3n) is 5.44. The number of benzene rings is 4. The standard InChI is InChI=1S/C29H24N4O/c1-34-28-19-17-23(18-20-28)29-24(22-32(31-29)25-11-5-2-6-12-25)21-30-33(26-13-7-3-8-14-26)27-15-9-4-10-16-27/h2-22H,1H3/b30-21+. The van der Waals surface area contributed by atoms with Gasteiger partial charge in [-0.15, -0.1) is 0 Å². The van der Waals surface area contributed by atoms with Crippen LogP contribution in [-0.4, -0.2) is 23.1 Å². The van der Waals surface area contributed by atoms with E-state index in [2.05, 4.69) is 0 Å². The molecule has 5 rings (SSSR count). The van der Waals surface area contributed by atoms with Gasteiger partial charge in [-0.2, -0.15) is 10.2 Å². The van der Waals surface area contributed by atoms with Crippen LogP contribution in [-0.2, 0) is 0 Å². The number of hydrogen-bond acceptors (Lipinski definition) is 4. The summed E-state index contributed by atoms with van der Waals surface area (Å²) >= 11 is 0. The second-order valence-corrected chi connectivity index (χ2v) is 7.67. The van der Waals surface area contributed by atoms with Crippen molar-refractivity contribution in [2.45, 2.75) is 0 Å². The molecule has 0 aliphatic heterocycles. The Morgan fingerprint density at radius 1 is 0.735 bits per heavy atom. The minimum Gasteiger partial charge on any atom is -0.497 e. The Balaban J connectivity index is 1.59. The van der Waals surface area contributed by atoms with E-state index < -0.39 is 0 Å². The van der Waals surface area contributed by atoms with E-state index in [0.717, 1.165) is 39.6 Å². The topological polar surface area (TPSA) is 42.6 Å². The summed E-state index contributed by atoms with van der Waals surface area (Å²) in [7, 11) is 1.67. The van der Waals surface area contributed by atoms with Gasteiger partial charge in [-0.3, -0.25) is 0 Å². The molecule has 166 valence electrons. The first-order valence-corrected chi connectivity index (χ1v) is 11.1. The molecule has 0 N–H and O–H groups in total. The molecule has 0 atom stereocenters. The Morgan fingerprint density at radius 2 is 1.29 bits per heavy atom. The Hall–Kier alpha value is -4.64. The summed E-state index contributed by atoms with van der Waals surface area (Å²) in [5.41, 5.74) is 5.68. The van der Waals surface area contributed by atoms with Gasteiger partial charge in [-0.05, 0) is 60.7 Å². The van der Waals surface area contributed by atoms with Crippen molar-refractivity contribution in [1.29, 1.82) is 0 Å². The van der Waals surface area contributed by atoms with E-state index in [0.29, 0.717) is 0 Å². The summed E-state index contributed by atoms with van der Waals surface area (Å²) in [5.74, 6) is 0.806. The molecule has 0 spiro atoms. The van der Waals surface area contributed by atoms with E-state index in [1.54, 1.807) is 7.11 Å². The molecule has 0 fully saturated rings. The Morgan fingerprint density at radius 3 is 1.85 bits per heavy atom. The van der Waals surface area contributed by atoms with Crippen molar-refractivity contribution in [3.05, 3.63) is 127 Å². The fourth-order valence-electron chi connectivity index (χ4n) is 3.71. The van der Waals surface area contributed by atoms with Gasteiger partial charge in [0, 0.05) is 17.3 Å². The van der Waals surface area contributed by atoms with Crippen LogP contribution in [0.5, 0.6) is 5.75 Å². The van der Waals surface area contributed by atoms with Crippen molar-refractivity contribution in [3.8, 4) is 22.7 Å². The quantitative estimate of drug-likeness (QED) is 0.207. The molecule has 1 aromatic heterocycles. The van der Waals surface area contributed by atoms with E-state index in [-0.39, 0.29) is 0 Å². The van der Waals surface area contributed by atoms with Crippen molar-refractivity contribution in [1.82, 2.24) is 9.78 Å². The summed E-state index contributed by atoms with van der Waals surface area (Å²) < 4.78 is 7.21. The zero-order valence-corrected chi connectivity index (χ0v) is 18.8. The first-order chi connectivity index (χ1) is 16.8. The van der Waals surface area contributed by atoms with Crippen LogP contribution in [0.15, 0.2) is 127 Å². The maximum atomic E-state index is 5.33. The maximum absolute atomic E-state index is 5.33. The van der Waals surface area contributed by atoms with Gasteiger partial charge < -0.3 is 4.74 Å². The molecule has 4 aromatic carbocycles. The van der Waals surface area contributed by atoms with Crippen LogP contribution in [0.3, 0.4) is 0 Å². The molecule has 0 bridgehead atoms. The fraction of sp³-hybridized carbons (Fsp3) is 0.0345. The third kappa shape index (κ3) is 4.59. The van der Waals surface area contributed by atoms with E-state index >= 15 is 0 Å². The number of nitrogens with zero attached hydrogens (tertiary/aromatic N) is 4. The summed E-state index contributed by atoms with van der Waals surface area (Å²) in [6.07, 6.45) is 3.87. The van der Waals surface area contributed by atoms with Gasteiger partial charge in [0.2, 0.25) is 0 Å². The van der Waals surface area contributed by atoms with Crippen molar-refractivity contribution in [2.75, 3.05) is 12.1 Å². The van der Waals surface area contributed by atoms with Gasteiger partial charge in [0.05, 0.1) is 30.4 Å². The van der Waals surface area contributed by atoms with Gasteiger partial charge in [0.25, 0.3) is 0 Å².